The first kappa shape index (κ1) is 14.1. The van der Waals surface area contributed by atoms with E-state index in [0.717, 1.165) is 9.35 Å². The highest BCUT2D eigenvalue weighted by Crippen LogP contribution is 2.41. The van der Waals surface area contributed by atoms with Crippen LogP contribution < -0.4 is 4.74 Å². The molecule has 96 valence electrons. The fourth-order valence-electron chi connectivity index (χ4n) is 1.48. The van der Waals surface area contributed by atoms with Gasteiger partial charge < -0.3 is 4.74 Å². The van der Waals surface area contributed by atoms with Gasteiger partial charge in [0.1, 0.15) is 15.9 Å². The van der Waals surface area contributed by atoms with E-state index in [-0.39, 0.29) is 0 Å². The Morgan fingerprint density at radius 3 is 2.61 bits per heavy atom. The highest BCUT2D eigenvalue weighted by molar-refractivity contribution is 9.10. The topological polar surface area (TPSA) is 9.23 Å². The number of halogens is 4. The molecule has 0 aliphatic rings. The second kappa shape index (κ2) is 5.78. The fourth-order valence-corrected chi connectivity index (χ4v) is 3.59. The van der Waals surface area contributed by atoms with Crippen molar-refractivity contribution in [1.82, 2.24) is 0 Å². The molecular formula is C12H8BrCl2FOS. The maximum absolute atomic E-state index is 13.9. The molecule has 1 unspecified atom stereocenters. The van der Waals surface area contributed by atoms with Crippen molar-refractivity contribution in [2.75, 3.05) is 7.11 Å². The van der Waals surface area contributed by atoms with E-state index < -0.39 is 11.2 Å². The van der Waals surface area contributed by atoms with Gasteiger partial charge in [0.05, 0.1) is 12.5 Å². The van der Waals surface area contributed by atoms with Crippen LogP contribution in [0, 0.1) is 5.82 Å². The maximum Gasteiger partial charge on any atom is 0.131 e. The third kappa shape index (κ3) is 2.82. The molecule has 0 saturated heterocycles. The molecule has 6 heteroatoms. The van der Waals surface area contributed by atoms with E-state index in [4.69, 9.17) is 27.9 Å². The Morgan fingerprint density at radius 1 is 1.39 bits per heavy atom. The van der Waals surface area contributed by atoms with E-state index in [1.54, 1.807) is 18.2 Å². The summed E-state index contributed by atoms with van der Waals surface area (Å²) in [5.74, 6) is 0.0699. The van der Waals surface area contributed by atoms with Gasteiger partial charge in [-0.15, -0.1) is 22.9 Å². The molecule has 1 aromatic heterocycles. The summed E-state index contributed by atoms with van der Waals surface area (Å²) in [5, 5.41) is -0.565. The highest BCUT2D eigenvalue weighted by atomic mass is 79.9. The van der Waals surface area contributed by atoms with Crippen LogP contribution in [-0.4, -0.2) is 7.11 Å². The molecule has 0 fully saturated rings. The minimum Gasteiger partial charge on any atom is -0.497 e. The Labute approximate surface area is 127 Å². The van der Waals surface area contributed by atoms with E-state index >= 15 is 0 Å². The van der Waals surface area contributed by atoms with E-state index in [1.807, 2.05) is 0 Å². The standard InChI is InChI=1S/C12H8BrCl2FOS/c1-17-6-2-3-7(9(16)4-6)11(14)10-5-8(13)12(15)18-10/h2-5,11H,1H3. The lowest BCUT2D eigenvalue weighted by atomic mass is 10.1. The van der Waals surface area contributed by atoms with Crippen molar-refractivity contribution in [1.29, 1.82) is 0 Å². The van der Waals surface area contributed by atoms with Gasteiger partial charge in [0, 0.05) is 21.0 Å². The number of rotatable bonds is 3. The molecule has 1 heterocycles. The second-order valence-corrected chi connectivity index (χ2v) is 6.50. The molecule has 0 saturated carbocycles. The zero-order valence-corrected chi connectivity index (χ0v) is 13.1. The van der Waals surface area contributed by atoms with Crippen molar-refractivity contribution in [3.05, 3.63) is 49.3 Å². The van der Waals surface area contributed by atoms with Gasteiger partial charge in [0.25, 0.3) is 0 Å². The number of methoxy groups -OCH3 is 1. The molecule has 0 aliphatic heterocycles. The summed E-state index contributed by atoms with van der Waals surface area (Å²) < 4.78 is 20.2. The quantitative estimate of drug-likeness (QED) is 0.636. The number of hydrogen-bond acceptors (Lipinski definition) is 2. The molecule has 2 aromatic rings. The Morgan fingerprint density at radius 2 is 2.11 bits per heavy atom. The molecule has 2 rings (SSSR count). The average Bonchev–Trinajstić information content (AvgIpc) is 2.68. The van der Waals surface area contributed by atoms with Crippen molar-refractivity contribution < 1.29 is 9.13 Å². The lowest BCUT2D eigenvalue weighted by molar-refractivity contribution is 0.411. The lowest BCUT2D eigenvalue weighted by Crippen LogP contribution is -1.95. The minimum absolute atomic E-state index is 0.394. The zero-order chi connectivity index (χ0) is 13.3. The summed E-state index contributed by atoms with van der Waals surface area (Å²) in [6.07, 6.45) is 0. The smallest absolute Gasteiger partial charge is 0.131 e. The van der Waals surface area contributed by atoms with Crippen molar-refractivity contribution >= 4 is 50.5 Å². The van der Waals surface area contributed by atoms with Crippen LogP contribution in [0.1, 0.15) is 15.8 Å². The van der Waals surface area contributed by atoms with Crippen molar-refractivity contribution in [2.45, 2.75) is 5.38 Å². The summed E-state index contributed by atoms with van der Waals surface area (Å²) in [7, 11) is 1.49. The summed E-state index contributed by atoms with van der Waals surface area (Å²) in [5.41, 5.74) is 0.405. The average molecular weight is 370 g/mol. The normalized spacial score (nSPS) is 12.5. The molecule has 1 atom stereocenters. The van der Waals surface area contributed by atoms with Gasteiger partial charge >= 0.3 is 0 Å². The Balaban J connectivity index is 2.36. The molecule has 0 aliphatic carbocycles. The van der Waals surface area contributed by atoms with Crippen molar-refractivity contribution in [2.24, 2.45) is 0 Å². The molecule has 0 spiro atoms. The van der Waals surface area contributed by atoms with Gasteiger partial charge in [-0.05, 0) is 28.1 Å². The van der Waals surface area contributed by atoms with E-state index in [2.05, 4.69) is 15.9 Å². The summed E-state index contributed by atoms with van der Waals surface area (Å²) in [4.78, 5) is 0.789. The molecule has 0 N–H and O–H groups in total. The Kier molecular flexibility index (Phi) is 4.54. The molecule has 18 heavy (non-hydrogen) atoms. The third-order valence-electron chi connectivity index (χ3n) is 2.39. The van der Waals surface area contributed by atoms with Gasteiger partial charge in [-0.3, -0.25) is 0 Å². The van der Waals surface area contributed by atoms with Gasteiger partial charge in [-0.2, -0.15) is 0 Å². The molecule has 0 radical (unpaired) electrons. The summed E-state index contributed by atoms with van der Waals surface area (Å²) in [6.45, 7) is 0. The van der Waals surface area contributed by atoms with Gasteiger partial charge in [-0.25, -0.2) is 4.39 Å². The summed E-state index contributed by atoms with van der Waals surface area (Å²) in [6, 6.07) is 6.41. The predicted octanol–water partition coefficient (Wildman–Crippen LogP) is 5.64. The number of benzene rings is 1. The molecule has 0 amide bonds. The largest absolute Gasteiger partial charge is 0.497 e. The van der Waals surface area contributed by atoms with Crippen molar-refractivity contribution in [3.8, 4) is 5.75 Å². The van der Waals surface area contributed by atoms with Crippen LogP contribution in [0.2, 0.25) is 4.34 Å². The third-order valence-corrected chi connectivity index (χ3v) is 5.53. The Hall–Kier alpha value is -0.290. The number of hydrogen-bond donors (Lipinski definition) is 0. The zero-order valence-electron chi connectivity index (χ0n) is 9.22. The van der Waals surface area contributed by atoms with Crippen LogP contribution in [0.5, 0.6) is 5.75 Å². The lowest BCUT2D eigenvalue weighted by Gasteiger charge is -2.10. The maximum atomic E-state index is 13.9. The molecule has 1 aromatic carbocycles. The van der Waals surface area contributed by atoms with Crippen LogP contribution in [0.3, 0.4) is 0 Å². The first-order chi connectivity index (χ1) is 8.52. The molecular weight excluding hydrogens is 362 g/mol. The number of thiophene rings is 1. The summed E-state index contributed by atoms with van der Waals surface area (Å²) >= 11 is 16.8. The minimum atomic E-state index is -0.565. The van der Waals surface area contributed by atoms with Gasteiger partial charge in [0.15, 0.2) is 0 Å². The number of alkyl halides is 1. The SMILES string of the molecule is COc1ccc(C(Cl)c2cc(Br)c(Cl)s2)c(F)c1. The van der Waals surface area contributed by atoms with Gasteiger partial charge in [0.2, 0.25) is 0 Å². The van der Waals surface area contributed by atoms with Crippen LogP contribution in [0.15, 0.2) is 28.7 Å². The fraction of sp³-hybridized carbons (Fsp3) is 0.167. The first-order valence-corrected chi connectivity index (χ1v) is 7.37. The van der Waals surface area contributed by atoms with Crippen LogP contribution in [0.4, 0.5) is 4.39 Å². The van der Waals surface area contributed by atoms with Crippen molar-refractivity contribution in [3.63, 3.8) is 0 Å². The van der Waals surface area contributed by atoms with E-state index in [9.17, 15) is 4.39 Å². The monoisotopic (exact) mass is 368 g/mol. The van der Waals surface area contributed by atoms with E-state index in [1.165, 1.54) is 24.5 Å². The molecule has 1 nitrogen and oxygen atoms in total. The van der Waals surface area contributed by atoms with Crippen LogP contribution >= 0.6 is 50.5 Å². The highest BCUT2D eigenvalue weighted by Gasteiger charge is 2.19. The molecule has 0 bridgehead atoms. The van der Waals surface area contributed by atoms with E-state index in [0.29, 0.717) is 15.6 Å². The predicted molar refractivity (Wildman–Crippen MR) is 77.7 cm³/mol. The second-order valence-electron chi connectivity index (χ2n) is 3.52. The van der Waals surface area contributed by atoms with Crippen LogP contribution in [-0.2, 0) is 0 Å². The number of ether oxygens (including phenoxy) is 1. The van der Waals surface area contributed by atoms with Gasteiger partial charge in [-0.1, -0.05) is 17.7 Å². The van der Waals surface area contributed by atoms with Crippen LogP contribution in [0.25, 0.3) is 0 Å². The Bertz CT molecular complexity index is 554. The first-order valence-electron chi connectivity index (χ1n) is 4.95.